The first-order chi connectivity index (χ1) is 68.5. The van der Waals surface area contributed by atoms with Crippen LogP contribution >= 0.6 is 47.8 Å². The SMILES string of the molecule is C#CC(C)(C)C.CC(C)(C)OC(=O)N1CCC[C@@H](C(=O)c2cccc3cc(C(C)(C)C)oc23)C1.CC(C)(C)c1cc2cccc(Br)c2o1.COCCCC[C@@](O)(c1cccc2cc(C(C)(C)C)oc12)[C@@H]1CCCN(C(=O)OC(C)(C)C)C1.COCCCC[C@@](O)(c1cccc2cc(C(C)(C)C)oc12)[C@@H]1CCCNC1.CON(C)C(=O)[C@@H]1CCCN(C(=O)OC(C)(C)C)C1.Oc1c(Br)cccc1Br.[CH2-]CCC.[CH2-]CCCOC.[Cl-].[Li+].[Mg+2]. The Balaban J connectivity index is 0.000000605. The number of phenols is 1. The van der Waals surface area contributed by atoms with Crippen molar-refractivity contribution in [3.63, 3.8) is 0 Å². The average Bonchev–Trinajstić information content (AvgIpc) is 1.57. The predicted molar refractivity (Wildman–Crippen MR) is 612 cm³/mol. The maximum absolute atomic E-state index is 13.3. The monoisotopic (exact) mass is 2300 g/mol. The first kappa shape index (κ1) is 139. The van der Waals surface area contributed by atoms with Crippen LogP contribution in [0.25, 0.3) is 43.9 Å². The number of likely N-dealkylation sites (tertiary alicyclic amines) is 3. The number of hydroxylamine groups is 2. The molecule has 4 amide bonds. The molecule has 4 aromatic heterocycles. The number of ketones is 1. The first-order valence-corrected chi connectivity index (χ1v) is 54.8. The molecule has 8 heterocycles. The molecular weight excluding hydrogens is 2120 g/mol. The fraction of sp³-hybridized carbons (Fsp3) is 0.608. The number of phenolic OH excluding ortho intramolecular Hbond substituents is 1. The summed E-state index contributed by atoms with van der Waals surface area (Å²) < 4.78 is 58.7. The van der Waals surface area contributed by atoms with Gasteiger partial charge in [0.25, 0.3) is 5.91 Å². The number of amides is 4. The van der Waals surface area contributed by atoms with Crippen LogP contribution in [-0.2, 0) is 70.9 Å². The molecule has 0 spiro atoms. The van der Waals surface area contributed by atoms with E-state index in [-0.39, 0.29) is 141 Å². The van der Waals surface area contributed by atoms with Gasteiger partial charge in [-0.25, -0.2) is 19.4 Å². The van der Waals surface area contributed by atoms with Gasteiger partial charge >= 0.3 is 60.2 Å². The molecule has 9 aromatic rings. The van der Waals surface area contributed by atoms with E-state index >= 15 is 0 Å². The normalized spacial score (nSPS) is 16.8. The van der Waals surface area contributed by atoms with Gasteiger partial charge in [-0.3, -0.25) is 14.4 Å². The van der Waals surface area contributed by atoms with Crippen molar-refractivity contribution in [3.05, 3.63) is 182 Å². The largest absolute Gasteiger partial charge is 2.00 e. The average molecular weight is 2300 g/mol. The zero-order chi connectivity index (χ0) is 111. The molecule has 0 saturated carbocycles. The summed E-state index contributed by atoms with van der Waals surface area (Å²) in [6.45, 7) is 64.9. The zero-order valence-corrected chi connectivity index (χ0v) is 104. The van der Waals surface area contributed by atoms with Gasteiger partial charge in [-0.05, 0) is 276 Å². The number of para-hydroxylation sites is 5. The summed E-state index contributed by atoms with van der Waals surface area (Å²) in [5.74, 6) is 6.16. The Hall–Kier alpha value is -6.62. The summed E-state index contributed by atoms with van der Waals surface area (Å²) in [5.41, 5.74) is 1.75. The molecule has 4 saturated heterocycles. The Kier molecular flexibility index (Phi) is 59.8. The number of furan rings is 4. The van der Waals surface area contributed by atoms with E-state index in [1.54, 1.807) is 55.2 Å². The Labute approximate surface area is 958 Å². The van der Waals surface area contributed by atoms with Crippen molar-refractivity contribution < 1.29 is 121 Å². The summed E-state index contributed by atoms with van der Waals surface area (Å²) in [7, 11) is 8.16. The minimum atomic E-state index is -1.12. The van der Waals surface area contributed by atoms with E-state index in [1.807, 2.05) is 144 Å². The molecule has 0 bridgehead atoms. The molecule has 0 unspecified atom stereocenters. The number of piperidine rings is 4. The van der Waals surface area contributed by atoms with Gasteiger partial charge < -0.3 is 108 Å². The molecule has 830 valence electrons. The number of aromatic hydroxyl groups is 1. The maximum atomic E-state index is 13.3. The van der Waals surface area contributed by atoms with Crippen LogP contribution in [0.5, 0.6) is 5.75 Å². The molecule has 0 aliphatic carbocycles. The van der Waals surface area contributed by atoms with Gasteiger partial charge in [0.1, 0.15) is 67.9 Å². The number of nitrogens with one attached hydrogen (secondary N) is 1. The second kappa shape index (κ2) is 64.3. The number of carbonyl (C=O) groups is 5. The van der Waals surface area contributed by atoms with E-state index in [2.05, 4.69) is 205 Å². The molecular formula is C120H180Br3ClLiMgN5O19. The number of aliphatic hydroxyl groups is 2. The molecule has 13 rings (SSSR count). The number of ether oxygens (including phenoxy) is 6. The van der Waals surface area contributed by atoms with Crippen molar-refractivity contribution in [2.24, 2.45) is 29.1 Å². The van der Waals surface area contributed by atoms with Gasteiger partial charge in [-0.15, -0.1) is 12.3 Å². The number of terminal acetylenes is 1. The molecule has 4 aliphatic rings. The van der Waals surface area contributed by atoms with Crippen molar-refractivity contribution in [1.29, 1.82) is 0 Å². The van der Waals surface area contributed by atoms with Gasteiger partial charge in [-0.2, -0.15) is 12.8 Å². The van der Waals surface area contributed by atoms with Crippen LogP contribution in [0.3, 0.4) is 0 Å². The molecule has 6 atom stereocenters. The first-order valence-electron chi connectivity index (χ1n) is 52.4. The molecule has 4 fully saturated rings. The molecule has 30 heteroatoms. The quantitative estimate of drug-likeness (QED) is 0.00932. The summed E-state index contributed by atoms with van der Waals surface area (Å²) in [4.78, 5) is 72.4. The smallest absolute Gasteiger partial charge is 1.00 e. The summed E-state index contributed by atoms with van der Waals surface area (Å²) >= 11 is 9.82. The van der Waals surface area contributed by atoms with Crippen LogP contribution in [0, 0.1) is 55.3 Å². The van der Waals surface area contributed by atoms with Gasteiger partial charge in [0.2, 0.25) is 0 Å². The van der Waals surface area contributed by atoms with E-state index in [9.17, 15) is 34.2 Å². The summed E-state index contributed by atoms with van der Waals surface area (Å²) in [5, 5.41) is 42.3. The van der Waals surface area contributed by atoms with Gasteiger partial charge in [0.05, 0.1) is 43.2 Å². The molecule has 0 radical (unpaired) electrons. The van der Waals surface area contributed by atoms with Crippen LogP contribution in [0.1, 0.15) is 333 Å². The van der Waals surface area contributed by atoms with Crippen molar-refractivity contribution in [2.45, 2.75) is 338 Å². The van der Waals surface area contributed by atoms with Crippen LogP contribution in [0.2, 0.25) is 0 Å². The number of hydrogen-bond donors (Lipinski definition) is 4. The number of hydrogen-bond acceptors (Lipinski definition) is 20. The fourth-order valence-corrected chi connectivity index (χ4v) is 18.2. The van der Waals surface area contributed by atoms with E-state index in [0.717, 1.165) is 206 Å². The summed E-state index contributed by atoms with van der Waals surface area (Å²) in [6, 6.07) is 37.7. The van der Waals surface area contributed by atoms with Crippen LogP contribution in [0.4, 0.5) is 14.4 Å². The number of benzene rings is 5. The Morgan fingerprint density at radius 1 is 0.467 bits per heavy atom. The van der Waals surface area contributed by atoms with E-state index < -0.39 is 28.0 Å². The van der Waals surface area contributed by atoms with Crippen LogP contribution in [0.15, 0.2) is 146 Å². The second-order valence-corrected chi connectivity index (χ2v) is 49.3. The molecule has 150 heavy (non-hydrogen) atoms. The molecule has 24 nitrogen and oxygen atoms in total. The molecule has 4 N–H and O–H groups in total. The number of nitrogens with zero attached hydrogens (tertiary/aromatic N) is 4. The second-order valence-electron chi connectivity index (χ2n) is 46.8. The van der Waals surface area contributed by atoms with E-state index in [1.165, 1.54) is 18.6 Å². The minimum absolute atomic E-state index is 0. The number of halogens is 4. The molecule has 4 aliphatic heterocycles. The number of Topliss-reactive ketones (excluding diaryl/α,β-unsaturated/α-hetero) is 1. The fourth-order valence-electron chi connectivity index (χ4n) is 16.7. The van der Waals surface area contributed by atoms with Gasteiger partial charge in [0, 0.05) is 172 Å². The van der Waals surface area contributed by atoms with Crippen molar-refractivity contribution in [1.82, 2.24) is 25.1 Å². The zero-order valence-electron chi connectivity index (χ0n) is 96.7. The topological polar surface area (TPSA) is 288 Å². The maximum Gasteiger partial charge on any atom is 2.00 e. The number of unbranched alkanes of at least 4 members (excludes halogenated alkanes) is 4. The van der Waals surface area contributed by atoms with Gasteiger partial charge in [-0.1, -0.05) is 170 Å². The third-order valence-corrected chi connectivity index (χ3v) is 27.0. The standard InChI is InChI=1S/C28H43NO5.C23H31NO4.C23H35NO3.C13H24N2O4.C12H13BrO.C6H4Br2O.C6H10.C5H11O.C4H9.ClH.Li.Mg/c1-26(2,3)23-18-20-12-10-14-22(24(20)33-23)28(31,15-8-9-17-32-7)21-13-11-16-29(19-21)25(30)34-27(4,5)6;1-22(2,3)18-13-15-9-7-11-17(20(15)27-18)19(25)16-10-8-12-24(14-16)21(26)28-23(4,5)6;1-22(2,3)20-15-17-9-7-11-19(21(17)27-20)23(25,12-5-6-14-26-4)18-10-8-13-24-16-18;1-13(2,3)19-12(17)15-8-6-7-10(9-15)11(16)14(4)18-5;1-12(2,3)10-7-8-5-4-6-9(13)11(8)14-10;7-4-2-1-3-5(8)6(4)9;1-5-6(2,3)4;1-3-4-5-6-2;1-3-4-2;;;/h10,12,14,18,21,31H,8-9,11,13,15-17,19H2,1-7H3;7,9,11,13,16H,8,10,12,14H2,1-6H3;7,9,11,15,18,24-25H,5-6,8,10,12-14,16H2,1-4H3;10H,6-9H2,1-5H3;4-7H,1-3H3;1-3,9H;1H,2-4H3;1,3-5H2,2H3;1,3-4H2,2H3;1H;;/q;;;;;;;2*-1;;+1;+2/p-1/t21-,28+;16-;18-,23+;10-;;;;;;;;/m1111......../s1. The Morgan fingerprint density at radius 2 is 0.800 bits per heavy atom. The summed E-state index contributed by atoms with van der Waals surface area (Å²) in [6.07, 6.45) is 20.2. The third-order valence-electron chi connectivity index (χ3n) is 25.1. The molecule has 5 aromatic carbocycles. The number of carbonyl (C=O) groups excluding carboxylic acids is 5. The van der Waals surface area contributed by atoms with Crippen LogP contribution in [-0.4, -0.2) is 213 Å². The van der Waals surface area contributed by atoms with E-state index in [4.69, 9.17) is 62.5 Å². The number of rotatable bonds is 22. The van der Waals surface area contributed by atoms with Crippen LogP contribution < -0.4 is 36.6 Å². The van der Waals surface area contributed by atoms with Crippen molar-refractivity contribution in [3.8, 4) is 18.1 Å². The number of methoxy groups -OCH3 is 3. The van der Waals surface area contributed by atoms with Crippen molar-refractivity contribution >= 4 is 145 Å². The minimum Gasteiger partial charge on any atom is -1.00 e. The third kappa shape index (κ3) is 45.5. The number of fused-ring (bicyclic) bond motifs is 4. The predicted octanol–water partition coefficient (Wildman–Crippen LogP) is 23.9. The Morgan fingerprint density at radius 3 is 1.15 bits per heavy atom. The van der Waals surface area contributed by atoms with E-state index in [0.29, 0.717) is 72.4 Å². The van der Waals surface area contributed by atoms with Gasteiger partial charge in [0.15, 0.2) is 5.78 Å². The van der Waals surface area contributed by atoms with Crippen molar-refractivity contribution in [2.75, 3.05) is 108 Å². The Bertz CT molecular complexity index is 5550.